The first-order valence-corrected chi connectivity index (χ1v) is 9.43. The maximum atomic E-state index is 12.3. The first-order valence-electron chi connectivity index (χ1n) is 8.62. The molecule has 0 aliphatic rings. The number of aromatic amines is 1. The number of ether oxygens (including phenoxy) is 1. The Kier molecular flexibility index (Phi) is 4.90. The van der Waals surface area contributed by atoms with Crippen LogP contribution >= 0.6 is 11.3 Å². The number of rotatable bonds is 5. The number of methoxy groups -OCH3 is 1. The molecule has 28 heavy (non-hydrogen) atoms. The lowest BCUT2D eigenvalue weighted by Gasteiger charge is -2.01. The highest BCUT2D eigenvalue weighted by Gasteiger charge is 2.04. The van der Waals surface area contributed by atoms with E-state index in [1.807, 2.05) is 53.2 Å². The van der Waals surface area contributed by atoms with E-state index in [0.717, 1.165) is 16.8 Å². The van der Waals surface area contributed by atoms with E-state index in [2.05, 4.69) is 9.97 Å². The number of ketones is 1. The number of pyridine rings is 1. The highest BCUT2D eigenvalue weighted by atomic mass is 32.1. The lowest BCUT2D eigenvalue weighted by molar-refractivity contribution is -0.112. The van der Waals surface area contributed by atoms with Crippen LogP contribution in [0.15, 0.2) is 59.8 Å². The normalized spacial score (nSPS) is 12.6. The number of thiazole rings is 1. The number of nitrogens with one attached hydrogen (secondary N) is 1. The van der Waals surface area contributed by atoms with E-state index in [1.165, 1.54) is 17.4 Å². The number of benzene rings is 1. The molecule has 0 radical (unpaired) electrons. The fourth-order valence-electron chi connectivity index (χ4n) is 2.88. The number of fused-ring (bicyclic) bond motifs is 1. The van der Waals surface area contributed by atoms with Crippen molar-refractivity contribution in [2.24, 2.45) is 0 Å². The molecule has 1 aromatic carbocycles. The molecule has 0 unspecified atom stereocenters. The van der Waals surface area contributed by atoms with Crippen LogP contribution in [0.1, 0.15) is 11.1 Å². The number of hydrogen-bond donors (Lipinski definition) is 1. The van der Waals surface area contributed by atoms with Crippen molar-refractivity contribution in [3.8, 4) is 5.75 Å². The molecule has 0 amide bonds. The minimum absolute atomic E-state index is 0.0860. The highest BCUT2D eigenvalue weighted by Crippen LogP contribution is 2.13. The first-order chi connectivity index (χ1) is 13.6. The molecule has 0 saturated carbocycles. The van der Waals surface area contributed by atoms with Crippen molar-refractivity contribution in [3.63, 3.8) is 0 Å². The average molecular weight is 391 g/mol. The zero-order chi connectivity index (χ0) is 19.5. The number of carbonyl (C=O) groups is 1. The number of H-pyrrole nitrogens is 1. The summed E-state index contributed by atoms with van der Waals surface area (Å²) in [5, 5.41) is 0. The summed E-state index contributed by atoms with van der Waals surface area (Å²) in [6, 6.07) is 11.2. The predicted octanol–water partition coefficient (Wildman–Crippen LogP) is 1.51. The maximum Gasteiger partial charge on any atom is 0.266 e. The van der Waals surface area contributed by atoms with E-state index in [4.69, 9.17) is 4.74 Å². The van der Waals surface area contributed by atoms with E-state index in [-0.39, 0.29) is 17.8 Å². The fraction of sp³-hybridized carbons (Fsp3) is 0.0952. The van der Waals surface area contributed by atoms with Gasteiger partial charge in [-0.1, -0.05) is 12.1 Å². The minimum Gasteiger partial charge on any atom is -0.497 e. The highest BCUT2D eigenvalue weighted by molar-refractivity contribution is 7.07. The second kappa shape index (κ2) is 7.66. The van der Waals surface area contributed by atoms with Crippen molar-refractivity contribution in [2.75, 3.05) is 7.11 Å². The molecule has 7 heteroatoms. The molecule has 1 N–H and O–H groups in total. The topological polar surface area (TPSA) is 76.5 Å². The molecule has 0 spiro atoms. The Morgan fingerprint density at radius 1 is 1.32 bits per heavy atom. The number of hydrogen-bond acceptors (Lipinski definition) is 5. The maximum absolute atomic E-state index is 12.3. The van der Waals surface area contributed by atoms with Crippen LogP contribution in [0, 0.1) is 0 Å². The molecule has 6 nitrogen and oxygen atoms in total. The summed E-state index contributed by atoms with van der Waals surface area (Å²) < 4.78 is 8.14. The number of nitrogens with zero attached hydrogens (tertiary/aromatic N) is 2. The molecule has 4 rings (SSSR count). The third kappa shape index (κ3) is 3.94. The van der Waals surface area contributed by atoms with Crippen LogP contribution in [0.25, 0.3) is 17.8 Å². The monoisotopic (exact) mass is 391 g/mol. The van der Waals surface area contributed by atoms with Crippen LogP contribution in [0.3, 0.4) is 0 Å². The molecule has 0 aliphatic carbocycles. The molecule has 0 fully saturated rings. The Hall–Kier alpha value is -3.45. The van der Waals surface area contributed by atoms with E-state index >= 15 is 0 Å². The summed E-state index contributed by atoms with van der Waals surface area (Å²) in [5.74, 6) is 0.624. The molecule has 3 heterocycles. The number of imidazole rings is 1. The van der Waals surface area contributed by atoms with Crippen LogP contribution in [-0.4, -0.2) is 27.3 Å². The van der Waals surface area contributed by atoms with Crippen LogP contribution in [-0.2, 0) is 11.2 Å². The first kappa shape index (κ1) is 17.9. The molecule has 3 aromatic heterocycles. The van der Waals surface area contributed by atoms with E-state index in [9.17, 15) is 9.59 Å². The minimum atomic E-state index is -0.212. The van der Waals surface area contributed by atoms with Gasteiger partial charge in [0.15, 0.2) is 5.78 Å². The Balaban J connectivity index is 1.60. The summed E-state index contributed by atoms with van der Waals surface area (Å²) in [6.45, 7) is 0. The quantitative estimate of drug-likeness (QED) is 0.560. The summed E-state index contributed by atoms with van der Waals surface area (Å²) in [5.41, 5.74) is 2.37. The summed E-state index contributed by atoms with van der Waals surface area (Å²) >= 11 is 1.26. The average Bonchev–Trinajstić information content (AvgIpc) is 3.28. The number of aromatic nitrogens is 3. The van der Waals surface area contributed by atoms with E-state index < -0.39 is 0 Å². The van der Waals surface area contributed by atoms with Crippen LogP contribution in [0.4, 0.5) is 0 Å². The largest absolute Gasteiger partial charge is 0.497 e. The molecule has 0 saturated heterocycles. The Bertz CT molecular complexity index is 1330. The number of Topliss-reactive ketones (excluding diaryl/α,β-unsaturated/α-hetero) is 1. The molecular weight excluding hydrogens is 374 g/mol. The van der Waals surface area contributed by atoms with Gasteiger partial charge >= 0.3 is 0 Å². The van der Waals surface area contributed by atoms with Crippen molar-refractivity contribution in [1.29, 1.82) is 0 Å². The third-order valence-corrected chi connectivity index (χ3v) is 5.16. The van der Waals surface area contributed by atoms with Crippen LogP contribution in [0.2, 0.25) is 0 Å². The van der Waals surface area contributed by atoms with Gasteiger partial charge in [-0.3, -0.25) is 9.59 Å². The Morgan fingerprint density at radius 3 is 3.07 bits per heavy atom. The van der Waals surface area contributed by atoms with Crippen molar-refractivity contribution in [2.45, 2.75) is 6.42 Å². The van der Waals surface area contributed by atoms with Crippen molar-refractivity contribution < 1.29 is 9.53 Å². The van der Waals surface area contributed by atoms with Gasteiger partial charge in [0.2, 0.25) is 0 Å². The van der Waals surface area contributed by atoms with Gasteiger partial charge < -0.3 is 14.1 Å². The van der Waals surface area contributed by atoms with Gasteiger partial charge in [0.05, 0.1) is 16.3 Å². The van der Waals surface area contributed by atoms with Crippen molar-refractivity contribution >= 4 is 34.9 Å². The standard InChI is InChI=1S/C21H17N3O3S/c1-27-17-4-2-3-14(10-17)9-16(25)12-20-23-21(26)18(28-20)11-15-5-6-19-22-7-8-24(19)13-15/h2-8,10-13H,9H2,1H3,(H,23,26)/b18-11-,20-12+. The summed E-state index contributed by atoms with van der Waals surface area (Å²) in [6.07, 6.45) is 8.99. The van der Waals surface area contributed by atoms with Gasteiger partial charge in [-0.2, -0.15) is 0 Å². The summed E-state index contributed by atoms with van der Waals surface area (Å²) in [4.78, 5) is 31.5. The molecule has 0 bridgehead atoms. The van der Waals surface area contributed by atoms with Gasteiger partial charge in [0.1, 0.15) is 11.4 Å². The lowest BCUT2D eigenvalue weighted by atomic mass is 10.1. The lowest BCUT2D eigenvalue weighted by Crippen LogP contribution is -2.20. The third-order valence-electron chi connectivity index (χ3n) is 4.19. The SMILES string of the molecule is COc1cccc(CC(=O)/C=c2\[nH]c(=O)/c(=C/c3ccc4nccn4c3)s2)c1. The zero-order valence-electron chi connectivity index (χ0n) is 15.1. The smallest absolute Gasteiger partial charge is 0.266 e. The summed E-state index contributed by atoms with van der Waals surface area (Å²) in [7, 11) is 1.59. The fourth-order valence-corrected chi connectivity index (χ4v) is 3.79. The van der Waals surface area contributed by atoms with Gasteiger partial charge in [0, 0.05) is 31.1 Å². The Morgan fingerprint density at radius 2 is 2.21 bits per heavy atom. The van der Waals surface area contributed by atoms with Gasteiger partial charge in [-0.05, 0) is 41.5 Å². The van der Waals surface area contributed by atoms with Crippen molar-refractivity contribution in [1.82, 2.24) is 14.4 Å². The predicted molar refractivity (Wildman–Crippen MR) is 109 cm³/mol. The molecule has 0 aliphatic heterocycles. The second-order valence-corrected chi connectivity index (χ2v) is 7.31. The molecular formula is C21H17N3O3S. The van der Waals surface area contributed by atoms with Gasteiger partial charge in [0.25, 0.3) is 5.56 Å². The second-order valence-electron chi connectivity index (χ2n) is 6.22. The molecule has 4 aromatic rings. The van der Waals surface area contributed by atoms with Gasteiger partial charge in [-0.25, -0.2) is 4.98 Å². The Labute approximate surface area is 164 Å². The molecule has 140 valence electrons. The van der Waals surface area contributed by atoms with Crippen molar-refractivity contribution in [3.05, 3.63) is 85.7 Å². The van der Waals surface area contributed by atoms with Crippen LogP contribution < -0.4 is 19.5 Å². The van der Waals surface area contributed by atoms with Crippen LogP contribution in [0.5, 0.6) is 5.75 Å². The zero-order valence-corrected chi connectivity index (χ0v) is 15.9. The van der Waals surface area contributed by atoms with E-state index in [1.54, 1.807) is 19.4 Å². The van der Waals surface area contributed by atoms with Gasteiger partial charge in [-0.15, -0.1) is 11.3 Å². The number of carbonyl (C=O) groups excluding carboxylic acids is 1. The molecule has 0 atom stereocenters. The van der Waals surface area contributed by atoms with E-state index in [0.29, 0.717) is 14.9 Å².